The molecule has 69 heavy (non-hydrogen) atoms. The van der Waals surface area contributed by atoms with Crippen LogP contribution in [0.15, 0.2) is 279 Å². The largest absolute Gasteiger partial charge is 0.309 e. The second kappa shape index (κ2) is 17.8. The SMILES string of the molecule is CC1(c2ccccc2)c2ccccc2-c2c(N(c3ccc(-c4cc(-c5ccccc5)cc(-c5ccccc5)c4)cc3)c3ccccc3-c3ccccc3-c3ccccc3-c3ccccc3)cccc21. The molecule has 0 bridgehead atoms. The number of fused-ring (bicyclic) bond motifs is 3. The number of benzene rings is 11. The number of nitrogens with zero attached hydrogens (tertiary/aromatic N) is 1. The van der Waals surface area contributed by atoms with E-state index in [-0.39, 0.29) is 5.41 Å². The van der Waals surface area contributed by atoms with Gasteiger partial charge in [0, 0.05) is 22.2 Å². The van der Waals surface area contributed by atoms with Gasteiger partial charge in [-0.15, -0.1) is 0 Å². The monoisotopic (exact) mass is 879 g/mol. The van der Waals surface area contributed by atoms with E-state index in [0.29, 0.717) is 0 Å². The smallest absolute Gasteiger partial charge is 0.0543 e. The van der Waals surface area contributed by atoms with Gasteiger partial charge in [-0.3, -0.25) is 0 Å². The van der Waals surface area contributed by atoms with Gasteiger partial charge in [0.25, 0.3) is 0 Å². The first-order valence-electron chi connectivity index (χ1n) is 23.9. The summed E-state index contributed by atoms with van der Waals surface area (Å²) in [4.78, 5) is 2.52. The van der Waals surface area contributed by atoms with E-state index >= 15 is 0 Å². The van der Waals surface area contributed by atoms with Gasteiger partial charge in [-0.2, -0.15) is 0 Å². The zero-order valence-electron chi connectivity index (χ0n) is 38.5. The molecule has 0 spiro atoms. The van der Waals surface area contributed by atoms with Crippen LogP contribution in [0.4, 0.5) is 17.1 Å². The van der Waals surface area contributed by atoms with Crippen molar-refractivity contribution < 1.29 is 0 Å². The van der Waals surface area contributed by atoms with Gasteiger partial charge < -0.3 is 4.90 Å². The maximum atomic E-state index is 2.52. The van der Waals surface area contributed by atoms with Gasteiger partial charge in [0.2, 0.25) is 0 Å². The van der Waals surface area contributed by atoms with Crippen molar-refractivity contribution in [3.63, 3.8) is 0 Å². The van der Waals surface area contributed by atoms with Crippen molar-refractivity contribution in [2.75, 3.05) is 4.90 Å². The van der Waals surface area contributed by atoms with Gasteiger partial charge >= 0.3 is 0 Å². The van der Waals surface area contributed by atoms with Crippen LogP contribution >= 0.6 is 0 Å². The fourth-order valence-electron chi connectivity index (χ4n) is 10.8. The van der Waals surface area contributed by atoms with Crippen molar-refractivity contribution in [3.05, 3.63) is 296 Å². The molecule has 0 aliphatic heterocycles. The molecular formula is C68H49N. The second-order valence-corrected chi connectivity index (χ2v) is 18.1. The molecule has 1 atom stereocenters. The van der Waals surface area contributed by atoms with E-state index in [0.717, 1.165) is 28.2 Å². The predicted octanol–water partition coefficient (Wildman–Crippen LogP) is 18.5. The lowest BCUT2D eigenvalue weighted by atomic mass is 9.74. The lowest BCUT2D eigenvalue weighted by Gasteiger charge is -2.32. The highest BCUT2D eigenvalue weighted by Crippen LogP contribution is 2.57. The Morgan fingerprint density at radius 3 is 1.23 bits per heavy atom. The minimum absolute atomic E-state index is 0.355. The van der Waals surface area contributed by atoms with Crippen molar-refractivity contribution in [1.82, 2.24) is 0 Å². The van der Waals surface area contributed by atoms with Crippen LogP contribution in [0, 0.1) is 0 Å². The molecule has 0 N–H and O–H groups in total. The molecule has 11 aromatic rings. The Bertz CT molecular complexity index is 3540. The molecule has 0 radical (unpaired) electrons. The van der Waals surface area contributed by atoms with Crippen LogP contribution in [0.5, 0.6) is 0 Å². The van der Waals surface area contributed by atoms with E-state index < -0.39 is 0 Å². The third-order valence-electron chi connectivity index (χ3n) is 14.2. The van der Waals surface area contributed by atoms with E-state index in [1.807, 2.05) is 0 Å². The molecule has 326 valence electrons. The van der Waals surface area contributed by atoms with Crippen molar-refractivity contribution in [1.29, 1.82) is 0 Å². The molecule has 0 saturated heterocycles. The van der Waals surface area contributed by atoms with Crippen LogP contribution < -0.4 is 4.90 Å². The molecule has 11 aromatic carbocycles. The number of para-hydroxylation sites is 1. The van der Waals surface area contributed by atoms with E-state index in [1.165, 1.54) is 83.5 Å². The summed E-state index contributed by atoms with van der Waals surface area (Å²) < 4.78 is 0. The summed E-state index contributed by atoms with van der Waals surface area (Å²) in [5.41, 5.74) is 23.6. The first kappa shape index (κ1) is 41.6. The number of hydrogen-bond donors (Lipinski definition) is 0. The Morgan fingerprint density at radius 1 is 0.261 bits per heavy atom. The Hall–Kier alpha value is -8.78. The molecule has 1 unspecified atom stereocenters. The Morgan fingerprint density at radius 2 is 0.652 bits per heavy atom. The Balaban J connectivity index is 1.07. The standard InChI is InChI=1S/C68H49N/c1-68(55-29-12-5-13-30-55)63-37-20-18-36-62(63)67-64(68)38-22-40-66(67)69(56-43-41-50(42-44-56)54-46-52(48-23-6-2-7-24-48)45-53(47-54)49-25-8-3-9-26-49)65-39-21-19-35-61(65)60-34-17-16-33-59(60)58-32-15-14-31-57(58)51-27-10-4-11-28-51/h2-47H,1H3. The van der Waals surface area contributed by atoms with Crippen LogP contribution in [0.25, 0.3) is 77.9 Å². The maximum absolute atomic E-state index is 2.52. The quantitative estimate of drug-likeness (QED) is 0.132. The molecule has 0 fully saturated rings. The minimum Gasteiger partial charge on any atom is -0.309 e. The summed E-state index contributed by atoms with van der Waals surface area (Å²) in [7, 11) is 0. The third kappa shape index (κ3) is 7.46. The molecular weight excluding hydrogens is 831 g/mol. The van der Waals surface area contributed by atoms with Gasteiger partial charge in [-0.1, -0.05) is 237 Å². The van der Waals surface area contributed by atoms with Crippen LogP contribution in [-0.4, -0.2) is 0 Å². The summed E-state index contributed by atoms with van der Waals surface area (Å²) in [6.45, 7) is 2.40. The van der Waals surface area contributed by atoms with Gasteiger partial charge in [-0.05, 0) is 133 Å². The zero-order chi connectivity index (χ0) is 46.2. The molecule has 0 amide bonds. The molecule has 1 nitrogen and oxygen atoms in total. The second-order valence-electron chi connectivity index (χ2n) is 18.1. The highest BCUT2D eigenvalue weighted by molar-refractivity contribution is 6.01. The minimum atomic E-state index is -0.355. The van der Waals surface area contributed by atoms with Crippen molar-refractivity contribution >= 4 is 17.1 Å². The van der Waals surface area contributed by atoms with Gasteiger partial charge in [0.05, 0.1) is 11.4 Å². The fourth-order valence-corrected chi connectivity index (χ4v) is 10.8. The summed E-state index contributed by atoms with van der Waals surface area (Å²) in [5, 5.41) is 0. The molecule has 12 rings (SSSR count). The molecule has 0 heterocycles. The normalized spacial score (nSPS) is 13.6. The van der Waals surface area contributed by atoms with Crippen LogP contribution in [-0.2, 0) is 5.41 Å². The summed E-state index contributed by atoms with van der Waals surface area (Å²) in [5.74, 6) is 0. The van der Waals surface area contributed by atoms with Gasteiger partial charge in [0.1, 0.15) is 0 Å². The molecule has 0 saturated carbocycles. The van der Waals surface area contributed by atoms with Crippen molar-refractivity contribution in [2.24, 2.45) is 0 Å². The van der Waals surface area contributed by atoms with Crippen molar-refractivity contribution in [3.8, 4) is 77.9 Å². The van der Waals surface area contributed by atoms with Crippen LogP contribution in [0.2, 0.25) is 0 Å². The topological polar surface area (TPSA) is 3.24 Å². The fraction of sp³-hybridized carbons (Fsp3) is 0.0294. The lowest BCUT2D eigenvalue weighted by molar-refractivity contribution is 0.714. The highest BCUT2D eigenvalue weighted by Gasteiger charge is 2.42. The number of anilines is 3. The average Bonchev–Trinajstić information content (AvgIpc) is 3.71. The third-order valence-corrected chi connectivity index (χ3v) is 14.2. The number of hydrogen-bond acceptors (Lipinski definition) is 1. The van der Waals surface area contributed by atoms with E-state index in [4.69, 9.17) is 0 Å². The lowest BCUT2D eigenvalue weighted by Crippen LogP contribution is -2.22. The molecule has 1 heteroatoms. The van der Waals surface area contributed by atoms with Gasteiger partial charge in [-0.25, -0.2) is 0 Å². The van der Waals surface area contributed by atoms with E-state index in [1.54, 1.807) is 0 Å². The highest BCUT2D eigenvalue weighted by atomic mass is 15.1. The van der Waals surface area contributed by atoms with Gasteiger partial charge in [0.15, 0.2) is 0 Å². The van der Waals surface area contributed by atoms with E-state index in [2.05, 4.69) is 291 Å². The average molecular weight is 880 g/mol. The van der Waals surface area contributed by atoms with Crippen LogP contribution in [0.1, 0.15) is 23.6 Å². The summed E-state index contributed by atoms with van der Waals surface area (Å²) in [6.07, 6.45) is 0. The first-order chi connectivity index (χ1) is 34.1. The van der Waals surface area contributed by atoms with E-state index in [9.17, 15) is 0 Å². The maximum Gasteiger partial charge on any atom is 0.0543 e. The Kier molecular flexibility index (Phi) is 10.7. The molecule has 1 aliphatic rings. The van der Waals surface area contributed by atoms with Crippen LogP contribution in [0.3, 0.4) is 0 Å². The predicted molar refractivity (Wildman–Crippen MR) is 291 cm³/mol. The Labute approximate surface area is 405 Å². The summed E-state index contributed by atoms with van der Waals surface area (Å²) in [6, 6.07) is 102. The number of rotatable bonds is 10. The molecule has 1 aliphatic carbocycles. The van der Waals surface area contributed by atoms with Crippen molar-refractivity contribution in [2.45, 2.75) is 12.3 Å². The zero-order valence-corrected chi connectivity index (χ0v) is 38.5. The first-order valence-corrected chi connectivity index (χ1v) is 23.9. The molecule has 0 aromatic heterocycles. The summed E-state index contributed by atoms with van der Waals surface area (Å²) >= 11 is 0.